The molecule has 0 unspecified atom stereocenters. The van der Waals surface area contributed by atoms with Gasteiger partial charge in [0.25, 0.3) is 5.91 Å². The van der Waals surface area contributed by atoms with Crippen LogP contribution in [0, 0.1) is 0 Å². The molecule has 0 bridgehead atoms. The molecule has 3 aromatic rings. The molecular weight excluding hydrogens is 328 g/mol. The van der Waals surface area contributed by atoms with E-state index in [0.717, 1.165) is 41.6 Å². The van der Waals surface area contributed by atoms with Gasteiger partial charge in [0.2, 0.25) is 0 Å². The number of aryl methyl sites for hydroxylation is 2. The van der Waals surface area contributed by atoms with Gasteiger partial charge >= 0.3 is 0 Å². The molecule has 1 aliphatic carbocycles. The maximum absolute atomic E-state index is 12.0. The summed E-state index contributed by atoms with van der Waals surface area (Å²) in [5, 5.41) is 3.99. The number of fused-ring (bicyclic) bond motifs is 3. The Morgan fingerprint density at radius 1 is 1.23 bits per heavy atom. The van der Waals surface area contributed by atoms with Gasteiger partial charge in [-0.15, -0.1) is 0 Å². The SMILES string of the molecule is O=C(COc1ccc2oc3c(c2c1)CCCC3)NCCc1cccnc1. The van der Waals surface area contributed by atoms with Crippen LogP contribution in [0.1, 0.15) is 29.7 Å². The van der Waals surface area contributed by atoms with Crippen LogP contribution in [0.4, 0.5) is 0 Å². The summed E-state index contributed by atoms with van der Waals surface area (Å²) >= 11 is 0. The van der Waals surface area contributed by atoms with Crippen molar-refractivity contribution in [1.82, 2.24) is 10.3 Å². The molecule has 1 amide bonds. The van der Waals surface area contributed by atoms with E-state index in [9.17, 15) is 4.79 Å². The monoisotopic (exact) mass is 350 g/mol. The minimum Gasteiger partial charge on any atom is -0.484 e. The Bertz CT molecular complexity index is 902. The fourth-order valence-corrected chi connectivity index (χ4v) is 3.42. The Morgan fingerprint density at radius 3 is 3.04 bits per heavy atom. The molecule has 1 aromatic carbocycles. The largest absolute Gasteiger partial charge is 0.484 e. The van der Waals surface area contributed by atoms with Crippen molar-refractivity contribution < 1.29 is 13.9 Å². The third-order valence-corrected chi connectivity index (χ3v) is 4.76. The summed E-state index contributed by atoms with van der Waals surface area (Å²) in [5.41, 5.74) is 3.31. The number of carbonyl (C=O) groups is 1. The predicted octanol–water partition coefficient (Wildman–Crippen LogP) is 3.44. The van der Waals surface area contributed by atoms with E-state index >= 15 is 0 Å². The molecule has 5 heteroatoms. The quantitative estimate of drug-likeness (QED) is 0.740. The minimum absolute atomic E-state index is 0.0125. The zero-order valence-electron chi connectivity index (χ0n) is 14.7. The van der Waals surface area contributed by atoms with Crippen molar-refractivity contribution in [2.75, 3.05) is 13.2 Å². The van der Waals surface area contributed by atoms with Gasteiger partial charge in [-0.1, -0.05) is 6.07 Å². The highest BCUT2D eigenvalue weighted by atomic mass is 16.5. The molecule has 0 saturated heterocycles. The molecule has 0 radical (unpaired) electrons. The molecule has 0 atom stereocenters. The van der Waals surface area contributed by atoms with Crippen LogP contribution in [0.5, 0.6) is 5.75 Å². The maximum atomic E-state index is 12.0. The van der Waals surface area contributed by atoms with Crippen molar-refractivity contribution in [3.8, 4) is 5.75 Å². The Morgan fingerprint density at radius 2 is 2.15 bits per heavy atom. The normalized spacial score (nSPS) is 13.4. The Hall–Kier alpha value is -2.82. The Kier molecular flexibility index (Phi) is 4.86. The molecule has 0 spiro atoms. The van der Waals surface area contributed by atoms with Gasteiger partial charge < -0.3 is 14.5 Å². The van der Waals surface area contributed by atoms with Gasteiger partial charge in [0.05, 0.1) is 0 Å². The van der Waals surface area contributed by atoms with Crippen LogP contribution < -0.4 is 10.1 Å². The first-order chi connectivity index (χ1) is 12.8. The summed E-state index contributed by atoms with van der Waals surface area (Å²) in [6, 6.07) is 9.68. The third kappa shape index (κ3) is 3.72. The van der Waals surface area contributed by atoms with Crippen LogP contribution in [0.3, 0.4) is 0 Å². The first kappa shape index (κ1) is 16.6. The fraction of sp³-hybridized carbons (Fsp3) is 0.333. The van der Waals surface area contributed by atoms with Crippen molar-refractivity contribution in [3.05, 3.63) is 59.6 Å². The average molecular weight is 350 g/mol. The lowest BCUT2D eigenvalue weighted by Gasteiger charge is -2.09. The molecule has 1 N–H and O–H groups in total. The number of nitrogens with zero attached hydrogens (tertiary/aromatic N) is 1. The molecule has 26 heavy (non-hydrogen) atoms. The highest BCUT2D eigenvalue weighted by Crippen LogP contribution is 2.33. The van der Waals surface area contributed by atoms with E-state index in [1.54, 1.807) is 6.20 Å². The molecule has 0 aliphatic heterocycles. The molecule has 4 rings (SSSR count). The summed E-state index contributed by atoms with van der Waals surface area (Å²) < 4.78 is 11.6. The zero-order chi connectivity index (χ0) is 17.8. The van der Waals surface area contributed by atoms with E-state index in [-0.39, 0.29) is 12.5 Å². The molecule has 134 valence electrons. The van der Waals surface area contributed by atoms with Crippen LogP contribution in [-0.2, 0) is 24.1 Å². The van der Waals surface area contributed by atoms with Crippen molar-refractivity contribution in [2.24, 2.45) is 0 Å². The zero-order valence-corrected chi connectivity index (χ0v) is 14.7. The minimum atomic E-state index is -0.122. The lowest BCUT2D eigenvalue weighted by molar-refractivity contribution is -0.123. The van der Waals surface area contributed by atoms with Crippen LogP contribution in [0.2, 0.25) is 0 Å². The highest BCUT2D eigenvalue weighted by molar-refractivity contribution is 5.84. The number of hydrogen-bond donors (Lipinski definition) is 1. The second-order valence-corrected chi connectivity index (χ2v) is 6.62. The number of hydrogen-bond acceptors (Lipinski definition) is 4. The Labute approximate surface area is 152 Å². The second-order valence-electron chi connectivity index (χ2n) is 6.62. The topological polar surface area (TPSA) is 64.4 Å². The summed E-state index contributed by atoms with van der Waals surface area (Å²) in [6.45, 7) is 0.584. The molecule has 1 aliphatic rings. The number of amides is 1. The average Bonchev–Trinajstić information content (AvgIpc) is 3.05. The highest BCUT2D eigenvalue weighted by Gasteiger charge is 2.18. The van der Waals surface area contributed by atoms with Gasteiger partial charge in [-0.3, -0.25) is 9.78 Å². The number of furan rings is 1. The number of carbonyl (C=O) groups excluding carboxylic acids is 1. The van der Waals surface area contributed by atoms with Crippen LogP contribution in [-0.4, -0.2) is 24.0 Å². The van der Waals surface area contributed by atoms with Crippen LogP contribution >= 0.6 is 0 Å². The van der Waals surface area contributed by atoms with Crippen molar-refractivity contribution >= 4 is 16.9 Å². The summed E-state index contributed by atoms with van der Waals surface area (Å²) in [4.78, 5) is 16.0. The van der Waals surface area contributed by atoms with Gasteiger partial charge in [-0.05, 0) is 55.5 Å². The van der Waals surface area contributed by atoms with Gasteiger partial charge in [0, 0.05) is 36.3 Å². The summed E-state index contributed by atoms with van der Waals surface area (Å²) in [6.07, 6.45) is 8.77. The van der Waals surface area contributed by atoms with E-state index in [4.69, 9.17) is 9.15 Å². The van der Waals surface area contributed by atoms with Gasteiger partial charge in [0.1, 0.15) is 17.1 Å². The van der Waals surface area contributed by atoms with Crippen LogP contribution in [0.25, 0.3) is 11.0 Å². The van der Waals surface area contributed by atoms with E-state index in [0.29, 0.717) is 12.3 Å². The molecule has 0 saturated carbocycles. The predicted molar refractivity (Wildman–Crippen MR) is 99.3 cm³/mol. The lowest BCUT2D eigenvalue weighted by atomic mass is 9.96. The number of ether oxygens (including phenoxy) is 1. The second kappa shape index (κ2) is 7.60. The molecule has 2 aromatic heterocycles. The smallest absolute Gasteiger partial charge is 0.257 e. The van der Waals surface area contributed by atoms with E-state index in [2.05, 4.69) is 10.3 Å². The summed E-state index contributed by atoms with van der Waals surface area (Å²) in [7, 11) is 0. The van der Waals surface area contributed by atoms with Gasteiger partial charge in [-0.25, -0.2) is 0 Å². The molecule has 5 nitrogen and oxygen atoms in total. The van der Waals surface area contributed by atoms with Crippen molar-refractivity contribution in [3.63, 3.8) is 0 Å². The third-order valence-electron chi connectivity index (χ3n) is 4.76. The summed E-state index contributed by atoms with van der Waals surface area (Å²) in [5.74, 6) is 1.69. The van der Waals surface area contributed by atoms with Gasteiger partial charge in [-0.2, -0.15) is 0 Å². The number of pyridine rings is 1. The van der Waals surface area contributed by atoms with Crippen molar-refractivity contribution in [2.45, 2.75) is 32.1 Å². The molecule has 0 fully saturated rings. The number of nitrogens with one attached hydrogen (secondary N) is 1. The standard InChI is InChI=1S/C21H22N2O3/c24-21(23-11-9-15-4-3-10-22-13-15)14-25-16-7-8-20-18(12-16)17-5-1-2-6-19(17)26-20/h3-4,7-8,10,12-13H,1-2,5-6,9,11,14H2,(H,23,24). The molecular formula is C21H22N2O3. The first-order valence-electron chi connectivity index (χ1n) is 9.12. The van der Waals surface area contributed by atoms with E-state index in [1.807, 2.05) is 36.5 Å². The molecule has 2 heterocycles. The Balaban J connectivity index is 1.32. The number of rotatable bonds is 6. The lowest BCUT2D eigenvalue weighted by Crippen LogP contribution is -2.30. The van der Waals surface area contributed by atoms with E-state index < -0.39 is 0 Å². The maximum Gasteiger partial charge on any atom is 0.257 e. The van der Waals surface area contributed by atoms with Crippen molar-refractivity contribution in [1.29, 1.82) is 0 Å². The first-order valence-corrected chi connectivity index (χ1v) is 9.12. The van der Waals surface area contributed by atoms with Gasteiger partial charge in [0.15, 0.2) is 6.61 Å². The number of aromatic nitrogens is 1. The number of benzene rings is 1. The fourth-order valence-electron chi connectivity index (χ4n) is 3.42. The van der Waals surface area contributed by atoms with E-state index in [1.165, 1.54) is 18.4 Å². The van der Waals surface area contributed by atoms with Crippen LogP contribution in [0.15, 0.2) is 47.1 Å².